The molecule has 3 nitrogen and oxygen atoms in total. The lowest BCUT2D eigenvalue weighted by Gasteiger charge is -2.28. The van der Waals surface area contributed by atoms with E-state index in [1.54, 1.807) is 11.0 Å². The van der Waals surface area contributed by atoms with E-state index < -0.39 is 0 Å². The van der Waals surface area contributed by atoms with Crippen LogP contribution < -0.4 is 4.90 Å². The second-order valence-electron chi connectivity index (χ2n) is 4.54. The Morgan fingerprint density at radius 3 is 2.53 bits per heavy atom. The van der Waals surface area contributed by atoms with Gasteiger partial charge in [-0.3, -0.25) is 4.79 Å². The molecule has 1 aliphatic heterocycles. The van der Waals surface area contributed by atoms with Crippen molar-refractivity contribution in [3.05, 3.63) is 48.2 Å². The van der Waals surface area contributed by atoms with Crippen LogP contribution in [0.3, 0.4) is 0 Å². The molecule has 2 rings (SSSR count). The number of hydrogen-bond donors (Lipinski definition) is 1. The first-order valence-corrected chi connectivity index (χ1v) is 6.08. The molecule has 0 bridgehead atoms. The van der Waals surface area contributed by atoms with Crippen molar-refractivity contribution in [2.75, 3.05) is 33.2 Å². The van der Waals surface area contributed by atoms with Gasteiger partial charge in [-0.05, 0) is 0 Å². The summed E-state index contributed by atoms with van der Waals surface area (Å²) in [6.07, 6.45) is 3.61. The van der Waals surface area contributed by atoms with Gasteiger partial charge in [0.15, 0.2) is 5.78 Å². The van der Waals surface area contributed by atoms with Crippen LogP contribution in [0.25, 0.3) is 0 Å². The van der Waals surface area contributed by atoms with Crippen molar-refractivity contribution in [1.82, 2.24) is 4.90 Å². The van der Waals surface area contributed by atoms with E-state index in [4.69, 9.17) is 0 Å². The van der Waals surface area contributed by atoms with Gasteiger partial charge in [0.25, 0.3) is 0 Å². The van der Waals surface area contributed by atoms with Crippen LogP contribution in [0.4, 0.5) is 0 Å². The van der Waals surface area contributed by atoms with Gasteiger partial charge in [-0.25, -0.2) is 0 Å². The normalized spacial score (nSPS) is 17.6. The summed E-state index contributed by atoms with van der Waals surface area (Å²) in [6.45, 7) is 4.35. The second-order valence-corrected chi connectivity index (χ2v) is 4.54. The Balaban J connectivity index is 1.90. The summed E-state index contributed by atoms with van der Waals surface area (Å²) < 4.78 is 0. The third kappa shape index (κ3) is 3.43. The maximum absolute atomic E-state index is 11.8. The minimum Gasteiger partial charge on any atom is -0.366 e. The van der Waals surface area contributed by atoms with Crippen molar-refractivity contribution in [3.8, 4) is 0 Å². The minimum atomic E-state index is 0.0804. The Bertz CT molecular complexity index is 392. The van der Waals surface area contributed by atoms with Crippen molar-refractivity contribution < 1.29 is 9.69 Å². The van der Waals surface area contributed by atoms with Gasteiger partial charge in [0.2, 0.25) is 0 Å². The Morgan fingerprint density at radius 1 is 1.24 bits per heavy atom. The zero-order valence-corrected chi connectivity index (χ0v) is 10.2. The van der Waals surface area contributed by atoms with E-state index >= 15 is 0 Å². The zero-order chi connectivity index (χ0) is 12.1. The van der Waals surface area contributed by atoms with Crippen molar-refractivity contribution in [3.63, 3.8) is 0 Å². The van der Waals surface area contributed by atoms with Crippen molar-refractivity contribution in [2.45, 2.75) is 0 Å². The summed E-state index contributed by atoms with van der Waals surface area (Å²) in [5.74, 6) is 0.0804. The zero-order valence-electron chi connectivity index (χ0n) is 10.2. The lowest BCUT2D eigenvalue weighted by molar-refractivity contribution is -0.883. The molecule has 0 unspecified atom stereocenters. The maximum Gasteiger partial charge on any atom is 0.187 e. The van der Waals surface area contributed by atoms with Crippen molar-refractivity contribution >= 4 is 5.78 Å². The van der Waals surface area contributed by atoms with E-state index in [0.29, 0.717) is 0 Å². The highest BCUT2D eigenvalue weighted by atomic mass is 16.1. The molecule has 1 saturated heterocycles. The average Bonchev–Trinajstić information content (AvgIpc) is 2.39. The molecule has 1 heterocycles. The van der Waals surface area contributed by atoms with Crippen LogP contribution in [-0.4, -0.2) is 43.9 Å². The molecule has 0 aliphatic carbocycles. The highest BCUT2D eigenvalue weighted by Crippen LogP contribution is 2.01. The molecule has 0 aromatic heterocycles. The molecule has 0 atom stereocenters. The molecule has 1 fully saturated rings. The predicted molar refractivity (Wildman–Crippen MR) is 68.1 cm³/mol. The SMILES string of the molecule is C[NH+]1CCN(/C=C/C(=O)c2ccccc2)CC1. The van der Waals surface area contributed by atoms with Crippen LogP contribution in [0.2, 0.25) is 0 Å². The quantitative estimate of drug-likeness (QED) is 0.594. The summed E-state index contributed by atoms with van der Waals surface area (Å²) in [5, 5.41) is 0. The fourth-order valence-corrected chi connectivity index (χ4v) is 1.93. The van der Waals surface area contributed by atoms with Crippen LogP contribution in [0.15, 0.2) is 42.6 Å². The first-order chi connectivity index (χ1) is 8.25. The molecular weight excluding hydrogens is 212 g/mol. The topological polar surface area (TPSA) is 24.8 Å². The fraction of sp³-hybridized carbons (Fsp3) is 0.357. The number of quaternary nitrogens is 1. The van der Waals surface area contributed by atoms with Gasteiger partial charge in [-0.15, -0.1) is 0 Å². The number of benzene rings is 1. The molecule has 0 spiro atoms. The Kier molecular flexibility index (Phi) is 3.94. The number of allylic oxidation sites excluding steroid dienone is 1. The van der Waals surface area contributed by atoms with Crippen LogP contribution in [0, 0.1) is 0 Å². The van der Waals surface area contributed by atoms with Gasteiger partial charge < -0.3 is 9.80 Å². The van der Waals surface area contributed by atoms with E-state index in [-0.39, 0.29) is 5.78 Å². The van der Waals surface area contributed by atoms with Crippen LogP contribution in [-0.2, 0) is 0 Å². The third-order valence-corrected chi connectivity index (χ3v) is 3.15. The number of hydrogen-bond acceptors (Lipinski definition) is 2. The summed E-state index contributed by atoms with van der Waals surface area (Å²) in [7, 11) is 2.20. The van der Waals surface area contributed by atoms with E-state index in [9.17, 15) is 4.79 Å². The Hall–Kier alpha value is -1.61. The molecule has 17 heavy (non-hydrogen) atoms. The maximum atomic E-state index is 11.8. The van der Waals surface area contributed by atoms with Gasteiger partial charge in [0, 0.05) is 17.8 Å². The third-order valence-electron chi connectivity index (χ3n) is 3.15. The standard InChI is InChI=1S/C14H18N2O/c1-15-9-11-16(12-10-15)8-7-14(17)13-5-3-2-4-6-13/h2-8H,9-12H2,1H3/p+1/b8-7+. The smallest absolute Gasteiger partial charge is 0.187 e. The molecule has 1 N–H and O–H groups in total. The summed E-state index contributed by atoms with van der Waals surface area (Å²) in [4.78, 5) is 15.6. The second kappa shape index (κ2) is 5.64. The number of ketones is 1. The number of nitrogens with zero attached hydrogens (tertiary/aromatic N) is 1. The van der Waals surface area contributed by atoms with Crippen molar-refractivity contribution in [1.29, 1.82) is 0 Å². The number of carbonyl (C=O) groups is 1. The molecule has 1 aromatic rings. The monoisotopic (exact) mass is 231 g/mol. The molecule has 1 aromatic carbocycles. The first-order valence-electron chi connectivity index (χ1n) is 6.08. The van der Waals surface area contributed by atoms with E-state index in [2.05, 4.69) is 11.9 Å². The predicted octanol–water partition coefficient (Wildman–Crippen LogP) is 0.213. The number of likely N-dealkylation sites (N-methyl/N-ethyl adjacent to an activating group) is 1. The highest BCUT2D eigenvalue weighted by Gasteiger charge is 2.13. The van der Waals surface area contributed by atoms with Gasteiger partial charge in [-0.2, -0.15) is 0 Å². The number of piperazine rings is 1. The average molecular weight is 231 g/mol. The summed E-state index contributed by atoms with van der Waals surface area (Å²) >= 11 is 0. The number of rotatable bonds is 3. The van der Waals surface area contributed by atoms with E-state index in [0.717, 1.165) is 31.7 Å². The van der Waals surface area contributed by atoms with Gasteiger partial charge in [0.1, 0.15) is 0 Å². The van der Waals surface area contributed by atoms with Gasteiger partial charge in [0.05, 0.1) is 33.2 Å². The largest absolute Gasteiger partial charge is 0.366 e. The molecular formula is C14H19N2O+. The van der Waals surface area contributed by atoms with Crippen molar-refractivity contribution in [2.24, 2.45) is 0 Å². The number of carbonyl (C=O) groups excluding carboxylic acids is 1. The van der Waals surface area contributed by atoms with E-state index in [1.807, 2.05) is 36.5 Å². The Morgan fingerprint density at radius 2 is 1.88 bits per heavy atom. The van der Waals surface area contributed by atoms with Crippen LogP contribution in [0.5, 0.6) is 0 Å². The lowest BCUT2D eigenvalue weighted by Crippen LogP contribution is -3.11. The molecule has 3 heteroatoms. The molecule has 1 aliphatic rings. The minimum absolute atomic E-state index is 0.0804. The molecule has 0 radical (unpaired) electrons. The van der Waals surface area contributed by atoms with Gasteiger partial charge in [-0.1, -0.05) is 30.3 Å². The summed E-state index contributed by atoms with van der Waals surface area (Å²) in [6, 6.07) is 9.39. The molecule has 0 saturated carbocycles. The van der Waals surface area contributed by atoms with Gasteiger partial charge >= 0.3 is 0 Å². The lowest BCUT2D eigenvalue weighted by atomic mass is 10.1. The molecule has 90 valence electrons. The highest BCUT2D eigenvalue weighted by molar-refractivity contribution is 6.04. The number of nitrogens with one attached hydrogen (secondary N) is 1. The van der Waals surface area contributed by atoms with Crippen LogP contribution >= 0.6 is 0 Å². The Labute approximate surface area is 102 Å². The van der Waals surface area contributed by atoms with Crippen LogP contribution in [0.1, 0.15) is 10.4 Å². The summed E-state index contributed by atoms with van der Waals surface area (Å²) in [5.41, 5.74) is 0.753. The van der Waals surface area contributed by atoms with E-state index in [1.165, 1.54) is 0 Å². The fourth-order valence-electron chi connectivity index (χ4n) is 1.93. The molecule has 0 amide bonds. The first kappa shape index (κ1) is 11.9.